The fourth-order valence-electron chi connectivity index (χ4n) is 0.442. The lowest BCUT2D eigenvalue weighted by atomic mass is 10.5. The van der Waals surface area contributed by atoms with Crippen molar-refractivity contribution < 1.29 is 10.2 Å². The maximum Gasteiger partial charge on any atom is 0.234 e. The minimum absolute atomic E-state index is 0.160. The first kappa shape index (κ1) is 6.28. The highest BCUT2D eigenvalue weighted by Crippen LogP contribution is 2.09. The van der Waals surface area contributed by atoms with Crippen molar-refractivity contribution in [1.82, 2.24) is 5.32 Å². The van der Waals surface area contributed by atoms with Crippen LogP contribution in [0.1, 0.15) is 0 Å². The van der Waals surface area contributed by atoms with Gasteiger partial charge >= 0.3 is 0 Å². The van der Waals surface area contributed by atoms with Crippen LogP contribution in [0.2, 0.25) is 0 Å². The van der Waals surface area contributed by atoms with Crippen molar-refractivity contribution in [1.29, 1.82) is 0 Å². The summed E-state index contributed by atoms with van der Waals surface area (Å²) in [6.07, 6.45) is 1.08. The molecule has 0 spiro atoms. The molecule has 9 heavy (non-hydrogen) atoms. The Kier molecular flexibility index (Phi) is 1.52. The molecule has 0 aromatic heterocycles. The van der Waals surface area contributed by atoms with Gasteiger partial charge in [0.05, 0.1) is 6.08 Å². The van der Waals surface area contributed by atoms with Gasteiger partial charge in [-0.05, 0) is 0 Å². The molecule has 1 aliphatic heterocycles. The number of thiol groups is 1. The largest absolute Gasteiger partial charge is 0.495 e. The Bertz CT molecular complexity index is 177. The summed E-state index contributed by atoms with van der Waals surface area (Å²) in [5.74, 6) is -0.413. The summed E-state index contributed by atoms with van der Waals surface area (Å²) >= 11 is 3.74. The number of nitrogens with one attached hydrogen (secondary N) is 1. The van der Waals surface area contributed by atoms with E-state index in [1.54, 1.807) is 0 Å². The third kappa shape index (κ3) is 1.53. The van der Waals surface area contributed by atoms with Crippen LogP contribution in [0.15, 0.2) is 17.0 Å². The first-order valence-electron chi connectivity index (χ1n) is 2.20. The third-order valence-electron chi connectivity index (χ3n) is 0.726. The quantitative estimate of drug-likeness (QED) is 0.371. The van der Waals surface area contributed by atoms with Crippen molar-refractivity contribution in [2.75, 3.05) is 0 Å². The smallest absolute Gasteiger partial charge is 0.234 e. The van der Waals surface area contributed by atoms with Crippen molar-refractivity contribution in [2.24, 2.45) is 4.99 Å². The highest BCUT2D eigenvalue weighted by molar-refractivity contribution is 7.83. The van der Waals surface area contributed by atoms with Gasteiger partial charge in [-0.3, -0.25) is 0 Å². The SMILES string of the molecule is OC1=CC(O)=N[C](S)N1. The summed E-state index contributed by atoms with van der Waals surface area (Å²) < 4.78 is 0. The van der Waals surface area contributed by atoms with Gasteiger partial charge in [0.15, 0.2) is 5.88 Å². The number of aliphatic hydroxyl groups is 2. The lowest BCUT2D eigenvalue weighted by Gasteiger charge is -2.10. The van der Waals surface area contributed by atoms with Gasteiger partial charge in [0.25, 0.3) is 0 Å². The van der Waals surface area contributed by atoms with Crippen molar-refractivity contribution >= 4 is 18.5 Å². The summed E-state index contributed by atoms with van der Waals surface area (Å²) in [5.41, 5.74) is 0.174. The predicted molar refractivity (Wildman–Crippen MR) is 36.1 cm³/mol. The van der Waals surface area contributed by atoms with E-state index in [0.717, 1.165) is 6.08 Å². The molecule has 0 unspecified atom stereocenters. The zero-order valence-corrected chi connectivity index (χ0v) is 5.26. The molecular formula is C4H5N2O2S. The van der Waals surface area contributed by atoms with E-state index in [1.807, 2.05) is 0 Å². The molecule has 0 atom stereocenters. The standard InChI is InChI=1S/C4H5N2O2S/c7-2-1-3(8)6-4(9)5-2/h1,5,7,9H,(H,6,8). The summed E-state index contributed by atoms with van der Waals surface area (Å²) in [4.78, 5) is 3.44. The van der Waals surface area contributed by atoms with Gasteiger partial charge < -0.3 is 15.5 Å². The molecule has 1 radical (unpaired) electrons. The van der Waals surface area contributed by atoms with Crippen LogP contribution in [-0.2, 0) is 0 Å². The van der Waals surface area contributed by atoms with E-state index in [-0.39, 0.29) is 17.3 Å². The van der Waals surface area contributed by atoms with Gasteiger partial charge in [-0.25, -0.2) is 4.99 Å². The third-order valence-corrected chi connectivity index (χ3v) is 0.938. The highest BCUT2D eigenvalue weighted by Gasteiger charge is 2.10. The minimum atomic E-state index is -0.253. The Balaban J connectivity index is 2.74. The number of rotatable bonds is 0. The van der Waals surface area contributed by atoms with Crippen LogP contribution in [0.25, 0.3) is 0 Å². The number of nitrogens with zero attached hydrogens (tertiary/aromatic N) is 1. The molecule has 4 nitrogen and oxygen atoms in total. The van der Waals surface area contributed by atoms with E-state index in [4.69, 9.17) is 10.2 Å². The van der Waals surface area contributed by atoms with Crippen LogP contribution in [0, 0.1) is 5.50 Å². The molecule has 0 saturated heterocycles. The molecule has 0 aromatic carbocycles. The van der Waals surface area contributed by atoms with Gasteiger partial charge in [0.1, 0.15) is 0 Å². The van der Waals surface area contributed by atoms with Crippen molar-refractivity contribution in [3.05, 3.63) is 17.5 Å². The van der Waals surface area contributed by atoms with Crippen LogP contribution < -0.4 is 5.32 Å². The van der Waals surface area contributed by atoms with Crippen LogP contribution >= 0.6 is 12.6 Å². The summed E-state index contributed by atoms with van der Waals surface area (Å²) in [5, 5.41) is 19.7. The topological polar surface area (TPSA) is 64.8 Å². The van der Waals surface area contributed by atoms with Crippen molar-refractivity contribution in [2.45, 2.75) is 0 Å². The van der Waals surface area contributed by atoms with Gasteiger partial charge in [0.2, 0.25) is 11.4 Å². The Labute approximate surface area is 57.3 Å². The highest BCUT2D eigenvalue weighted by atomic mass is 32.1. The maximum absolute atomic E-state index is 8.69. The number of aliphatic imine (C=N–C) groups is 1. The normalized spacial score (nSPS) is 20.1. The second-order valence-electron chi connectivity index (χ2n) is 1.45. The van der Waals surface area contributed by atoms with E-state index >= 15 is 0 Å². The van der Waals surface area contributed by atoms with Gasteiger partial charge in [-0.2, -0.15) is 0 Å². The number of hydrogen-bond acceptors (Lipinski definition) is 4. The molecule has 0 aliphatic carbocycles. The molecular weight excluding hydrogens is 140 g/mol. The molecule has 1 rings (SSSR count). The molecule has 1 aliphatic rings. The Morgan fingerprint density at radius 2 is 2.22 bits per heavy atom. The second-order valence-corrected chi connectivity index (χ2v) is 1.87. The monoisotopic (exact) mass is 145 g/mol. The van der Waals surface area contributed by atoms with Crippen molar-refractivity contribution in [3.8, 4) is 0 Å². The lowest BCUT2D eigenvalue weighted by Crippen LogP contribution is -2.20. The maximum atomic E-state index is 8.69. The van der Waals surface area contributed by atoms with Crippen LogP contribution in [0.3, 0.4) is 0 Å². The molecule has 1 heterocycles. The molecule has 0 bridgehead atoms. The van der Waals surface area contributed by atoms with E-state index in [0.29, 0.717) is 0 Å². The molecule has 49 valence electrons. The first-order chi connectivity index (χ1) is 4.18. The molecule has 0 fully saturated rings. The van der Waals surface area contributed by atoms with Crippen LogP contribution in [0.5, 0.6) is 0 Å². The zero-order valence-electron chi connectivity index (χ0n) is 4.37. The van der Waals surface area contributed by atoms with Gasteiger partial charge in [0, 0.05) is 0 Å². The van der Waals surface area contributed by atoms with Crippen LogP contribution in [-0.4, -0.2) is 16.1 Å². The molecule has 0 amide bonds. The average molecular weight is 145 g/mol. The van der Waals surface area contributed by atoms with Gasteiger partial charge in [-0.15, -0.1) is 12.6 Å². The fourth-order valence-corrected chi connectivity index (χ4v) is 0.659. The van der Waals surface area contributed by atoms with Crippen LogP contribution in [0.4, 0.5) is 0 Å². The Morgan fingerprint density at radius 1 is 1.56 bits per heavy atom. The zero-order chi connectivity index (χ0) is 6.85. The van der Waals surface area contributed by atoms with E-state index in [2.05, 4.69) is 22.9 Å². The minimum Gasteiger partial charge on any atom is -0.495 e. The van der Waals surface area contributed by atoms with Gasteiger partial charge in [-0.1, -0.05) is 0 Å². The summed E-state index contributed by atoms with van der Waals surface area (Å²) in [7, 11) is 0. The summed E-state index contributed by atoms with van der Waals surface area (Å²) in [6, 6.07) is 0. The predicted octanol–water partition coefficient (Wildman–Crippen LogP) is 0.322. The average Bonchev–Trinajstić information content (AvgIpc) is 1.59. The van der Waals surface area contributed by atoms with E-state index in [1.165, 1.54) is 0 Å². The first-order valence-corrected chi connectivity index (χ1v) is 2.64. The second kappa shape index (κ2) is 2.18. The molecule has 0 saturated carbocycles. The number of hydrogen-bond donors (Lipinski definition) is 4. The molecule has 0 aromatic rings. The molecule has 5 heteroatoms. The molecule has 3 N–H and O–H groups in total. The fraction of sp³-hybridized carbons (Fsp3) is 0. The lowest BCUT2D eigenvalue weighted by molar-refractivity contribution is 0.368. The Morgan fingerprint density at radius 3 is 2.67 bits per heavy atom. The summed E-state index contributed by atoms with van der Waals surface area (Å²) in [6.45, 7) is 0. The van der Waals surface area contributed by atoms with E-state index in [9.17, 15) is 0 Å². The van der Waals surface area contributed by atoms with Crippen molar-refractivity contribution in [3.63, 3.8) is 0 Å². The van der Waals surface area contributed by atoms with E-state index < -0.39 is 0 Å². The number of aliphatic hydroxyl groups excluding tert-OH is 2. The Hall–Kier alpha value is -0.840.